The van der Waals surface area contributed by atoms with E-state index in [-0.39, 0.29) is 0 Å². The summed E-state index contributed by atoms with van der Waals surface area (Å²) in [6.45, 7) is 0. The lowest BCUT2D eigenvalue weighted by Gasteiger charge is -2.09. The van der Waals surface area contributed by atoms with Gasteiger partial charge in [-0.15, -0.1) is 0 Å². The number of hydrogen-bond donors (Lipinski definition) is 0. The van der Waals surface area contributed by atoms with E-state index >= 15 is 0 Å². The molecule has 0 unspecified atom stereocenters. The van der Waals surface area contributed by atoms with Crippen LogP contribution in [0.5, 0.6) is 0 Å². The van der Waals surface area contributed by atoms with E-state index in [9.17, 15) is 0 Å². The van der Waals surface area contributed by atoms with Crippen molar-refractivity contribution in [1.82, 2.24) is 14.5 Å². The molecule has 1 aliphatic rings. The van der Waals surface area contributed by atoms with Crippen molar-refractivity contribution in [3.63, 3.8) is 0 Å². The van der Waals surface area contributed by atoms with Gasteiger partial charge in [-0.25, -0.2) is 9.97 Å². The maximum absolute atomic E-state index is 5.13. The summed E-state index contributed by atoms with van der Waals surface area (Å²) in [5.74, 6) is 0.758. The van der Waals surface area contributed by atoms with Crippen molar-refractivity contribution in [2.75, 3.05) is 0 Å². The van der Waals surface area contributed by atoms with Crippen molar-refractivity contribution in [3.8, 4) is 39.5 Å². The second-order valence-corrected chi connectivity index (χ2v) is 9.06. The van der Waals surface area contributed by atoms with Gasteiger partial charge in [0, 0.05) is 33.0 Å². The Balaban J connectivity index is 1.42. The molecule has 0 fully saturated rings. The van der Waals surface area contributed by atoms with Crippen LogP contribution >= 0.6 is 0 Å². The lowest BCUT2D eigenvalue weighted by molar-refractivity contribution is 1.18. The van der Waals surface area contributed by atoms with Crippen LogP contribution in [0.25, 0.3) is 72.2 Å². The van der Waals surface area contributed by atoms with Gasteiger partial charge in [0.1, 0.15) is 0 Å². The highest BCUT2D eigenvalue weighted by Crippen LogP contribution is 2.46. The molecule has 5 aromatic carbocycles. The average Bonchev–Trinajstić information content (AvgIpc) is 3.43. The standard InChI is InChI=1S/C32H19N3/c1-2-9-21(10-3-1)35-28-16-7-6-12-23(28)24-18-17-20(19-29(24)35)32-33-27-15-8-14-25-22-11-4-5-13-26(22)31(34-32)30(25)27/h1-19H. The maximum atomic E-state index is 5.13. The Morgan fingerprint density at radius 3 is 2.17 bits per heavy atom. The number of fused-ring (bicyclic) bond motifs is 6. The van der Waals surface area contributed by atoms with Gasteiger partial charge < -0.3 is 4.57 Å². The molecule has 2 heterocycles. The van der Waals surface area contributed by atoms with E-state index in [4.69, 9.17) is 9.97 Å². The Bertz CT molecular complexity index is 1950. The van der Waals surface area contributed by atoms with Crippen LogP contribution in [0.1, 0.15) is 0 Å². The van der Waals surface area contributed by atoms with Gasteiger partial charge in [-0.1, -0.05) is 84.9 Å². The van der Waals surface area contributed by atoms with Crippen LogP contribution in [0, 0.1) is 0 Å². The van der Waals surface area contributed by atoms with Gasteiger partial charge in [0.25, 0.3) is 0 Å². The Hall–Kier alpha value is -4.76. The highest BCUT2D eigenvalue weighted by Gasteiger charge is 2.24. The molecule has 0 spiro atoms. The number of nitrogens with zero attached hydrogens (tertiary/aromatic N) is 3. The minimum atomic E-state index is 0.758. The Labute approximate surface area is 202 Å². The Kier molecular flexibility index (Phi) is 3.66. The molecule has 1 aliphatic carbocycles. The number of benzene rings is 5. The van der Waals surface area contributed by atoms with Gasteiger partial charge in [-0.05, 0) is 41.5 Å². The first kappa shape index (κ1) is 18.6. The summed E-state index contributed by atoms with van der Waals surface area (Å²) in [5.41, 5.74) is 10.2. The van der Waals surface area contributed by atoms with Gasteiger partial charge in [0.05, 0.1) is 22.2 Å². The molecule has 35 heavy (non-hydrogen) atoms. The molecule has 2 aromatic heterocycles. The van der Waals surface area contributed by atoms with Crippen molar-refractivity contribution in [2.24, 2.45) is 0 Å². The van der Waals surface area contributed by atoms with Crippen LogP contribution in [0.2, 0.25) is 0 Å². The zero-order valence-electron chi connectivity index (χ0n) is 18.8. The molecule has 0 radical (unpaired) electrons. The van der Waals surface area contributed by atoms with Gasteiger partial charge in [0.15, 0.2) is 5.82 Å². The summed E-state index contributed by atoms with van der Waals surface area (Å²) in [4.78, 5) is 10.2. The van der Waals surface area contributed by atoms with E-state index in [0.29, 0.717) is 0 Å². The first-order chi connectivity index (χ1) is 17.4. The van der Waals surface area contributed by atoms with Crippen LogP contribution < -0.4 is 0 Å². The molecule has 0 saturated carbocycles. The second kappa shape index (κ2) is 6.87. The lowest BCUT2D eigenvalue weighted by atomic mass is 10.1. The van der Waals surface area contributed by atoms with Crippen molar-refractivity contribution < 1.29 is 0 Å². The fourth-order valence-electron chi connectivity index (χ4n) is 5.62. The largest absolute Gasteiger partial charge is 0.309 e. The summed E-state index contributed by atoms with van der Waals surface area (Å²) in [5, 5.41) is 3.62. The minimum Gasteiger partial charge on any atom is -0.309 e. The van der Waals surface area contributed by atoms with Crippen molar-refractivity contribution in [3.05, 3.63) is 115 Å². The highest BCUT2D eigenvalue weighted by molar-refractivity contribution is 6.13. The van der Waals surface area contributed by atoms with E-state index in [1.807, 2.05) is 0 Å². The summed E-state index contributed by atoms with van der Waals surface area (Å²) in [6, 6.07) is 40.6. The molecule has 7 aromatic rings. The fourth-order valence-corrected chi connectivity index (χ4v) is 5.62. The predicted octanol–water partition coefficient (Wildman–Crippen LogP) is 8.04. The highest BCUT2D eigenvalue weighted by atomic mass is 15.0. The maximum Gasteiger partial charge on any atom is 0.160 e. The summed E-state index contributed by atoms with van der Waals surface area (Å²) in [7, 11) is 0. The summed E-state index contributed by atoms with van der Waals surface area (Å²) >= 11 is 0. The van der Waals surface area contributed by atoms with E-state index in [0.717, 1.165) is 39.2 Å². The monoisotopic (exact) mass is 445 g/mol. The molecule has 0 atom stereocenters. The predicted molar refractivity (Wildman–Crippen MR) is 144 cm³/mol. The third-order valence-electron chi connectivity index (χ3n) is 7.14. The molecule has 162 valence electrons. The number of hydrogen-bond acceptors (Lipinski definition) is 2. The van der Waals surface area contributed by atoms with E-state index in [1.165, 1.54) is 33.0 Å². The molecule has 0 N–H and O–H groups in total. The summed E-state index contributed by atoms with van der Waals surface area (Å²) < 4.78 is 2.33. The normalized spacial score (nSPS) is 12.0. The van der Waals surface area contributed by atoms with Gasteiger partial charge in [0.2, 0.25) is 0 Å². The van der Waals surface area contributed by atoms with Crippen molar-refractivity contribution in [2.45, 2.75) is 0 Å². The first-order valence-electron chi connectivity index (χ1n) is 11.9. The minimum absolute atomic E-state index is 0.758. The molecule has 0 bridgehead atoms. The van der Waals surface area contributed by atoms with Gasteiger partial charge in [-0.2, -0.15) is 0 Å². The molecule has 3 nitrogen and oxygen atoms in total. The van der Waals surface area contributed by atoms with Crippen molar-refractivity contribution in [1.29, 1.82) is 0 Å². The molecule has 3 heteroatoms. The Morgan fingerprint density at radius 2 is 1.26 bits per heavy atom. The third kappa shape index (κ3) is 2.55. The van der Waals surface area contributed by atoms with E-state index in [2.05, 4.69) is 120 Å². The van der Waals surface area contributed by atoms with Crippen LogP contribution in [-0.4, -0.2) is 14.5 Å². The molecule has 8 rings (SSSR count). The van der Waals surface area contributed by atoms with Gasteiger partial charge in [-0.3, -0.25) is 0 Å². The lowest BCUT2D eigenvalue weighted by Crippen LogP contribution is -1.95. The van der Waals surface area contributed by atoms with Gasteiger partial charge >= 0.3 is 0 Å². The summed E-state index contributed by atoms with van der Waals surface area (Å²) in [6.07, 6.45) is 0. The smallest absolute Gasteiger partial charge is 0.160 e. The third-order valence-corrected chi connectivity index (χ3v) is 7.14. The second-order valence-electron chi connectivity index (χ2n) is 9.06. The van der Waals surface area contributed by atoms with Crippen LogP contribution in [-0.2, 0) is 0 Å². The van der Waals surface area contributed by atoms with E-state index < -0.39 is 0 Å². The first-order valence-corrected chi connectivity index (χ1v) is 11.9. The van der Waals surface area contributed by atoms with Crippen LogP contribution in [0.15, 0.2) is 115 Å². The molecular weight excluding hydrogens is 426 g/mol. The quantitative estimate of drug-likeness (QED) is 0.269. The number of para-hydroxylation sites is 2. The average molecular weight is 446 g/mol. The van der Waals surface area contributed by atoms with Crippen molar-refractivity contribution >= 4 is 32.7 Å². The number of rotatable bonds is 2. The molecule has 0 amide bonds. The molecular formula is C32H19N3. The van der Waals surface area contributed by atoms with Crippen LogP contribution in [0.4, 0.5) is 0 Å². The number of aromatic nitrogens is 3. The Morgan fingerprint density at radius 1 is 0.514 bits per heavy atom. The zero-order valence-corrected chi connectivity index (χ0v) is 18.8. The van der Waals surface area contributed by atoms with E-state index in [1.54, 1.807) is 0 Å². The van der Waals surface area contributed by atoms with Crippen LogP contribution in [0.3, 0.4) is 0 Å². The molecule has 0 saturated heterocycles. The molecule has 0 aliphatic heterocycles. The zero-order chi connectivity index (χ0) is 22.9. The fraction of sp³-hybridized carbons (Fsp3) is 0. The SMILES string of the molecule is c1ccc(-n2c3ccccc3c3ccc(-c4nc5c6c(cccc6n4)-c4ccccc4-5)cc32)cc1. The topological polar surface area (TPSA) is 30.7 Å².